The molecule has 1 spiro atoms. The lowest BCUT2D eigenvalue weighted by molar-refractivity contribution is -0.170. The van der Waals surface area contributed by atoms with Crippen LogP contribution < -0.4 is 4.90 Å². The van der Waals surface area contributed by atoms with Crippen molar-refractivity contribution in [3.8, 4) is 0 Å². The van der Waals surface area contributed by atoms with E-state index < -0.39 is 6.10 Å². The van der Waals surface area contributed by atoms with E-state index in [0.717, 1.165) is 44.6 Å². The minimum atomic E-state index is -0.773. The zero-order valence-corrected chi connectivity index (χ0v) is 16.2. The topological polar surface area (TPSA) is 53.0 Å². The molecule has 1 atom stereocenters. The first-order valence-corrected chi connectivity index (χ1v) is 10.1. The van der Waals surface area contributed by atoms with Crippen LogP contribution >= 0.6 is 0 Å². The van der Waals surface area contributed by atoms with Crippen LogP contribution in [0.4, 0.5) is 5.69 Å². The lowest BCUT2D eigenvalue weighted by Gasteiger charge is -2.49. The number of benzene rings is 2. The second-order valence-corrected chi connectivity index (χ2v) is 7.81. The molecule has 2 aliphatic heterocycles. The number of aliphatic hydroxyl groups excluding tert-OH is 1. The Morgan fingerprint density at radius 2 is 1.64 bits per heavy atom. The number of carbonyl (C=O) groups is 1. The Morgan fingerprint density at radius 3 is 2.29 bits per heavy atom. The molecule has 1 amide bonds. The molecule has 148 valence electrons. The quantitative estimate of drug-likeness (QED) is 0.866. The van der Waals surface area contributed by atoms with Crippen molar-refractivity contribution in [1.29, 1.82) is 0 Å². The highest BCUT2D eigenvalue weighted by Crippen LogP contribution is 2.35. The fourth-order valence-corrected chi connectivity index (χ4v) is 4.26. The van der Waals surface area contributed by atoms with Gasteiger partial charge in [-0.25, -0.2) is 0 Å². The van der Waals surface area contributed by atoms with E-state index in [4.69, 9.17) is 4.74 Å². The van der Waals surface area contributed by atoms with E-state index in [1.807, 2.05) is 36.4 Å². The summed E-state index contributed by atoms with van der Waals surface area (Å²) >= 11 is 0. The molecule has 1 unspecified atom stereocenters. The predicted molar refractivity (Wildman–Crippen MR) is 109 cm³/mol. The highest BCUT2D eigenvalue weighted by atomic mass is 16.5. The van der Waals surface area contributed by atoms with Crippen LogP contribution in [0.25, 0.3) is 0 Å². The smallest absolute Gasteiger partial charge is 0.258 e. The maximum absolute atomic E-state index is 12.7. The van der Waals surface area contributed by atoms with Crippen molar-refractivity contribution in [3.63, 3.8) is 0 Å². The molecule has 2 aromatic carbocycles. The first-order valence-electron chi connectivity index (χ1n) is 10.1. The summed E-state index contributed by atoms with van der Waals surface area (Å²) in [7, 11) is 0. The number of amides is 1. The van der Waals surface area contributed by atoms with Crippen LogP contribution in [0, 0.1) is 0 Å². The number of morpholine rings is 1. The first-order chi connectivity index (χ1) is 13.7. The SMILES string of the molecule is O=C1C(CO)OC2(CCN(CCc3ccccc3)CC2)CN1c1ccccc1. The minimum Gasteiger partial charge on any atom is -0.393 e. The number of ether oxygens (including phenoxy) is 1. The highest BCUT2D eigenvalue weighted by Gasteiger charge is 2.46. The van der Waals surface area contributed by atoms with Gasteiger partial charge in [-0.1, -0.05) is 48.5 Å². The maximum atomic E-state index is 12.7. The Hall–Kier alpha value is -2.21. The Kier molecular flexibility index (Phi) is 5.76. The number of hydrogen-bond donors (Lipinski definition) is 1. The molecule has 4 rings (SSSR count). The lowest BCUT2D eigenvalue weighted by atomic mass is 9.88. The van der Waals surface area contributed by atoms with Crippen molar-refractivity contribution >= 4 is 11.6 Å². The number of carbonyl (C=O) groups excluding carboxylic acids is 1. The largest absolute Gasteiger partial charge is 0.393 e. The van der Waals surface area contributed by atoms with Crippen molar-refractivity contribution in [2.24, 2.45) is 0 Å². The molecule has 0 saturated carbocycles. The van der Waals surface area contributed by atoms with E-state index in [-0.39, 0.29) is 18.1 Å². The lowest BCUT2D eigenvalue weighted by Crippen LogP contribution is -2.63. The summed E-state index contributed by atoms with van der Waals surface area (Å²) in [5.74, 6) is -0.147. The second-order valence-electron chi connectivity index (χ2n) is 7.81. The average molecular weight is 380 g/mol. The molecule has 2 aromatic rings. The number of nitrogens with zero attached hydrogens (tertiary/aromatic N) is 2. The predicted octanol–water partition coefficient (Wildman–Crippen LogP) is 2.49. The Labute approximate surface area is 166 Å². The molecule has 0 bridgehead atoms. The zero-order chi connectivity index (χ0) is 19.4. The van der Waals surface area contributed by atoms with Gasteiger partial charge in [0.15, 0.2) is 6.10 Å². The standard InChI is InChI=1S/C23H28N2O3/c26-17-21-22(27)25(20-9-5-2-6-10-20)18-23(28-21)12-15-24(16-13-23)14-11-19-7-3-1-4-8-19/h1-10,21,26H,11-18H2. The molecule has 5 nitrogen and oxygen atoms in total. The number of anilines is 1. The van der Waals surface area contributed by atoms with Gasteiger partial charge in [-0.15, -0.1) is 0 Å². The normalized spacial score (nSPS) is 22.5. The number of likely N-dealkylation sites (tertiary alicyclic amines) is 1. The third kappa shape index (κ3) is 4.12. The van der Waals surface area contributed by atoms with Crippen molar-refractivity contribution in [3.05, 3.63) is 66.2 Å². The molecule has 0 aliphatic carbocycles. The maximum Gasteiger partial charge on any atom is 0.258 e. The van der Waals surface area contributed by atoms with Gasteiger partial charge in [-0.2, -0.15) is 0 Å². The Balaban J connectivity index is 1.41. The summed E-state index contributed by atoms with van der Waals surface area (Å²) in [5.41, 5.74) is 1.86. The summed E-state index contributed by atoms with van der Waals surface area (Å²) in [4.78, 5) is 17.0. The number of piperidine rings is 1. The van der Waals surface area contributed by atoms with Crippen LogP contribution in [0.3, 0.4) is 0 Å². The van der Waals surface area contributed by atoms with E-state index in [9.17, 15) is 9.90 Å². The third-order valence-corrected chi connectivity index (χ3v) is 5.94. The van der Waals surface area contributed by atoms with E-state index in [0.29, 0.717) is 6.54 Å². The van der Waals surface area contributed by atoms with Gasteiger partial charge in [0.25, 0.3) is 5.91 Å². The van der Waals surface area contributed by atoms with Gasteiger partial charge >= 0.3 is 0 Å². The van der Waals surface area contributed by atoms with E-state index >= 15 is 0 Å². The van der Waals surface area contributed by atoms with Gasteiger partial charge < -0.3 is 19.6 Å². The zero-order valence-electron chi connectivity index (χ0n) is 16.2. The number of para-hydroxylation sites is 1. The molecular formula is C23H28N2O3. The molecule has 2 heterocycles. The second kappa shape index (κ2) is 8.43. The van der Waals surface area contributed by atoms with Crippen LogP contribution in [0.5, 0.6) is 0 Å². The molecule has 2 fully saturated rings. The summed E-state index contributed by atoms with van der Waals surface area (Å²) in [5, 5.41) is 9.72. The molecular weight excluding hydrogens is 352 g/mol. The number of hydrogen-bond acceptors (Lipinski definition) is 4. The molecule has 2 saturated heterocycles. The fraction of sp³-hybridized carbons (Fsp3) is 0.435. The average Bonchev–Trinajstić information content (AvgIpc) is 2.76. The van der Waals surface area contributed by atoms with Gasteiger partial charge in [0, 0.05) is 25.3 Å². The highest BCUT2D eigenvalue weighted by molar-refractivity contribution is 5.97. The summed E-state index contributed by atoms with van der Waals surface area (Å²) in [6.45, 7) is 3.20. The number of rotatable bonds is 5. The first kappa shape index (κ1) is 19.1. The monoisotopic (exact) mass is 380 g/mol. The molecule has 0 aromatic heterocycles. The van der Waals surface area contributed by atoms with E-state index in [1.54, 1.807) is 4.90 Å². The van der Waals surface area contributed by atoms with Crippen LogP contribution in [-0.2, 0) is 16.0 Å². The molecule has 1 N–H and O–H groups in total. The minimum absolute atomic E-state index is 0.147. The van der Waals surface area contributed by atoms with E-state index in [2.05, 4.69) is 29.2 Å². The summed E-state index contributed by atoms with van der Waals surface area (Å²) < 4.78 is 6.17. The van der Waals surface area contributed by atoms with Crippen LogP contribution in [0.2, 0.25) is 0 Å². The van der Waals surface area contributed by atoms with Crippen LogP contribution in [-0.4, -0.2) is 60.4 Å². The van der Waals surface area contributed by atoms with Gasteiger partial charge in [0.2, 0.25) is 0 Å². The molecule has 28 heavy (non-hydrogen) atoms. The van der Waals surface area contributed by atoms with Crippen molar-refractivity contribution in [2.75, 3.05) is 37.7 Å². The van der Waals surface area contributed by atoms with Crippen LogP contribution in [0.15, 0.2) is 60.7 Å². The van der Waals surface area contributed by atoms with Gasteiger partial charge in [0.1, 0.15) is 0 Å². The van der Waals surface area contributed by atoms with E-state index in [1.165, 1.54) is 5.56 Å². The Bertz CT molecular complexity index is 773. The summed E-state index contributed by atoms with van der Waals surface area (Å²) in [6.07, 6.45) is 2.01. The van der Waals surface area contributed by atoms with Gasteiger partial charge in [-0.05, 0) is 37.0 Å². The molecule has 5 heteroatoms. The number of aliphatic hydroxyl groups is 1. The Morgan fingerprint density at radius 1 is 1.00 bits per heavy atom. The molecule has 2 aliphatic rings. The third-order valence-electron chi connectivity index (χ3n) is 5.94. The van der Waals surface area contributed by atoms with Gasteiger partial charge in [0.05, 0.1) is 18.8 Å². The van der Waals surface area contributed by atoms with Gasteiger partial charge in [-0.3, -0.25) is 4.79 Å². The van der Waals surface area contributed by atoms with Crippen molar-refractivity contribution in [1.82, 2.24) is 4.90 Å². The van der Waals surface area contributed by atoms with Crippen molar-refractivity contribution in [2.45, 2.75) is 31.0 Å². The summed E-state index contributed by atoms with van der Waals surface area (Å²) in [6, 6.07) is 20.3. The fourth-order valence-electron chi connectivity index (χ4n) is 4.26. The van der Waals surface area contributed by atoms with Crippen LogP contribution in [0.1, 0.15) is 18.4 Å². The molecule has 0 radical (unpaired) electrons. The van der Waals surface area contributed by atoms with Crippen molar-refractivity contribution < 1.29 is 14.6 Å².